The summed E-state index contributed by atoms with van der Waals surface area (Å²) in [5.41, 5.74) is -2.05. The number of nitrogens with one attached hydrogen (secondary N) is 2. The van der Waals surface area contributed by atoms with E-state index in [0.29, 0.717) is 4.68 Å². The maximum Gasteiger partial charge on any atom is 0.436 e. The SMILES string of the molecule is CC(C)(C)OC(=O)Nc1cc(=O)n(C(=O)OC(C)(C)C)[nH]1. The van der Waals surface area contributed by atoms with Crippen LogP contribution in [0.3, 0.4) is 0 Å². The first kappa shape index (κ1) is 16.8. The average Bonchev–Trinajstić information content (AvgIpc) is 2.53. The predicted octanol–water partition coefficient (Wildman–Crippen LogP) is 2.31. The minimum absolute atomic E-state index is 0.0418. The quantitative estimate of drug-likeness (QED) is 0.828. The van der Waals surface area contributed by atoms with E-state index in [9.17, 15) is 14.4 Å². The van der Waals surface area contributed by atoms with E-state index < -0.39 is 28.9 Å². The van der Waals surface area contributed by atoms with E-state index >= 15 is 0 Å². The molecule has 0 saturated heterocycles. The van der Waals surface area contributed by atoms with E-state index in [1.54, 1.807) is 41.5 Å². The Bertz CT molecular complexity index is 586. The number of rotatable bonds is 1. The summed E-state index contributed by atoms with van der Waals surface area (Å²) < 4.78 is 10.8. The molecule has 2 N–H and O–H groups in total. The molecule has 118 valence electrons. The van der Waals surface area contributed by atoms with Gasteiger partial charge in [-0.3, -0.25) is 15.2 Å². The van der Waals surface area contributed by atoms with Crippen molar-refractivity contribution >= 4 is 18.0 Å². The van der Waals surface area contributed by atoms with Crippen LogP contribution >= 0.6 is 0 Å². The van der Waals surface area contributed by atoms with Crippen molar-refractivity contribution in [3.05, 3.63) is 16.4 Å². The molecule has 21 heavy (non-hydrogen) atoms. The van der Waals surface area contributed by atoms with Crippen molar-refractivity contribution in [3.8, 4) is 0 Å². The van der Waals surface area contributed by atoms with Crippen molar-refractivity contribution in [2.24, 2.45) is 0 Å². The minimum Gasteiger partial charge on any atom is -0.444 e. The van der Waals surface area contributed by atoms with E-state index in [0.717, 1.165) is 6.07 Å². The fourth-order valence-corrected chi connectivity index (χ4v) is 1.32. The molecule has 0 spiro atoms. The maximum absolute atomic E-state index is 11.8. The summed E-state index contributed by atoms with van der Waals surface area (Å²) in [7, 11) is 0. The molecule has 1 amide bonds. The van der Waals surface area contributed by atoms with Crippen LogP contribution in [0.4, 0.5) is 15.4 Å². The zero-order chi connectivity index (χ0) is 16.4. The van der Waals surface area contributed by atoms with Gasteiger partial charge in [0, 0.05) is 6.07 Å². The normalized spacial score (nSPS) is 11.9. The van der Waals surface area contributed by atoms with Gasteiger partial charge in [-0.25, -0.2) is 9.59 Å². The number of nitrogens with zero attached hydrogens (tertiary/aromatic N) is 1. The second-order valence-corrected chi connectivity index (χ2v) is 6.45. The summed E-state index contributed by atoms with van der Waals surface area (Å²) in [5, 5.41) is 4.77. The van der Waals surface area contributed by atoms with Gasteiger partial charge in [0.15, 0.2) is 0 Å². The van der Waals surface area contributed by atoms with Gasteiger partial charge in [0.25, 0.3) is 5.56 Å². The van der Waals surface area contributed by atoms with Crippen molar-refractivity contribution in [3.63, 3.8) is 0 Å². The molecule has 0 fully saturated rings. The first-order valence-electron chi connectivity index (χ1n) is 6.43. The van der Waals surface area contributed by atoms with Gasteiger partial charge in [0.1, 0.15) is 17.0 Å². The van der Waals surface area contributed by atoms with Crippen molar-refractivity contribution in [2.75, 3.05) is 5.32 Å². The van der Waals surface area contributed by atoms with Crippen LogP contribution in [0, 0.1) is 0 Å². The number of carbonyl (C=O) groups excluding carboxylic acids is 2. The van der Waals surface area contributed by atoms with Crippen LogP contribution in [-0.4, -0.2) is 33.2 Å². The topological polar surface area (TPSA) is 102 Å². The highest BCUT2D eigenvalue weighted by atomic mass is 16.6. The zero-order valence-electron chi connectivity index (χ0n) is 13.1. The fourth-order valence-electron chi connectivity index (χ4n) is 1.32. The van der Waals surface area contributed by atoms with Gasteiger partial charge < -0.3 is 9.47 Å². The Morgan fingerprint density at radius 2 is 1.62 bits per heavy atom. The maximum atomic E-state index is 11.8. The lowest BCUT2D eigenvalue weighted by atomic mass is 10.2. The number of hydrogen-bond donors (Lipinski definition) is 2. The first-order valence-corrected chi connectivity index (χ1v) is 6.43. The van der Waals surface area contributed by atoms with Gasteiger partial charge >= 0.3 is 12.2 Å². The smallest absolute Gasteiger partial charge is 0.436 e. The van der Waals surface area contributed by atoms with Crippen LogP contribution in [-0.2, 0) is 9.47 Å². The number of aromatic amines is 1. The van der Waals surface area contributed by atoms with Gasteiger partial charge in [-0.15, -0.1) is 4.68 Å². The summed E-state index contributed by atoms with van der Waals surface area (Å²) in [5.74, 6) is 0.0418. The van der Waals surface area contributed by atoms with Crippen LogP contribution in [0.1, 0.15) is 41.5 Å². The van der Waals surface area contributed by atoms with Crippen LogP contribution in [0.2, 0.25) is 0 Å². The van der Waals surface area contributed by atoms with E-state index in [-0.39, 0.29) is 5.82 Å². The molecule has 1 rings (SSSR count). The molecule has 1 aromatic heterocycles. The Kier molecular flexibility index (Phi) is 4.50. The average molecular weight is 299 g/mol. The molecule has 0 bridgehead atoms. The fraction of sp³-hybridized carbons (Fsp3) is 0.615. The molecule has 0 radical (unpaired) electrons. The zero-order valence-corrected chi connectivity index (χ0v) is 13.1. The van der Waals surface area contributed by atoms with Gasteiger partial charge in [0.05, 0.1) is 0 Å². The second-order valence-electron chi connectivity index (χ2n) is 6.45. The van der Waals surface area contributed by atoms with Crippen LogP contribution < -0.4 is 10.9 Å². The monoisotopic (exact) mass is 299 g/mol. The molecule has 0 atom stereocenters. The summed E-state index contributed by atoms with van der Waals surface area (Å²) in [4.78, 5) is 35.0. The number of aromatic nitrogens is 2. The highest BCUT2D eigenvalue weighted by Gasteiger charge is 2.21. The summed E-state index contributed by atoms with van der Waals surface area (Å²) in [6, 6.07) is 1.06. The second kappa shape index (κ2) is 5.63. The molecular weight excluding hydrogens is 278 g/mol. The Labute approximate surface area is 122 Å². The van der Waals surface area contributed by atoms with Crippen LogP contribution in [0.15, 0.2) is 10.9 Å². The third-order valence-electron chi connectivity index (χ3n) is 1.93. The van der Waals surface area contributed by atoms with Gasteiger partial charge in [-0.05, 0) is 41.5 Å². The van der Waals surface area contributed by atoms with Crippen molar-refractivity contribution in [2.45, 2.75) is 52.7 Å². The highest BCUT2D eigenvalue weighted by molar-refractivity contribution is 5.84. The van der Waals surface area contributed by atoms with Crippen molar-refractivity contribution in [1.29, 1.82) is 0 Å². The standard InChI is InChI=1S/C13H21N3O5/c1-12(2,3)20-10(18)14-8-7-9(17)16(15-8)11(19)21-13(4,5)6/h7,15H,1-6H3,(H,14,18). The number of hydrogen-bond acceptors (Lipinski definition) is 5. The third kappa shape index (κ3) is 5.72. The number of ether oxygens (including phenoxy) is 2. The number of carbonyl (C=O) groups is 2. The third-order valence-corrected chi connectivity index (χ3v) is 1.93. The number of anilines is 1. The Hall–Kier alpha value is -2.25. The lowest BCUT2D eigenvalue weighted by molar-refractivity contribution is 0.0506. The van der Waals surface area contributed by atoms with Gasteiger partial charge in [0.2, 0.25) is 0 Å². The molecule has 8 heteroatoms. The molecule has 0 saturated carbocycles. The Balaban J connectivity index is 2.82. The van der Waals surface area contributed by atoms with E-state index in [1.807, 2.05) is 0 Å². The summed E-state index contributed by atoms with van der Waals surface area (Å²) in [6.07, 6.45) is -1.59. The van der Waals surface area contributed by atoms with E-state index in [4.69, 9.17) is 9.47 Å². The van der Waals surface area contributed by atoms with Gasteiger partial charge in [-0.1, -0.05) is 0 Å². The lowest BCUT2D eigenvalue weighted by Gasteiger charge is -2.19. The molecule has 0 unspecified atom stereocenters. The first-order chi connectivity index (χ1) is 9.37. The van der Waals surface area contributed by atoms with Crippen LogP contribution in [0.25, 0.3) is 0 Å². The van der Waals surface area contributed by atoms with Crippen molar-refractivity contribution < 1.29 is 19.1 Å². The molecule has 1 heterocycles. The summed E-state index contributed by atoms with van der Waals surface area (Å²) in [6.45, 7) is 10.2. The highest BCUT2D eigenvalue weighted by Crippen LogP contribution is 2.10. The van der Waals surface area contributed by atoms with Gasteiger partial charge in [-0.2, -0.15) is 0 Å². The Morgan fingerprint density at radius 1 is 1.10 bits per heavy atom. The van der Waals surface area contributed by atoms with E-state index in [1.165, 1.54) is 0 Å². The number of amides is 1. The predicted molar refractivity (Wildman–Crippen MR) is 76.5 cm³/mol. The molecule has 0 aliphatic rings. The Morgan fingerprint density at radius 3 is 2.10 bits per heavy atom. The molecular formula is C13H21N3O5. The van der Waals surface area contributed by atoms with E-state index in [2.05, 4.69) is 10.4 Å². The molecule has 0 aliphatic heterocycles. The van der Waals surface area contributed by atoms with Crippen LogP contribution in [0.5, 0.6) is 0 Å². The molecule has 0 aromatic carbocycles. The summed E-state index contributed by atoms with van der Waals surface area (Å²) >= 11 is 0. The molecule has 0 aliphatic carbocycles. The molecule has 8 nitrogen and oxygen atoms in total. The lowest BCUT2D eigenvalue weighted by Crippen LogP contribution is -2.32. The number of H-pyrrole nitrogens is 1. The minimum atomic E-state index is -0.857. The largest absolute Gasteiger partial charge is 0.444 e. The van der Waals surface area contributed by atoms with Crippen molar-refractivity contribution in [1.82, 2.24) is 9.78 Å². The molecule has 1 aromatic rings.